The summed E-state index contributed by atoms with van der Waals surface area (Å²) in [5.74, 6) is 0.0196. The Bertz CT molecular complexity index is 880. The van der Waals surface area contributed by atoms with Crippen LogP contribution in [0.3, 0.4) is 0 Å². The summed E-state index contributed by atoms with van der Waals surface area (Å²) in [5, 5.41) is 1.54. The van der Waals surface area contributed by atoms with Crippen molar-refractivity contribution in [1.29, 1.82) is 0 Å². The zero-order chi connectivity index (χ0) is 14.4. The highest BCUT2D eigenvalue weighted by Gasteiger charge is 2.19. The maximum Gasteiger partial charge on any atom is 0.163 e. The summed E-state index contributed by atoms with van der Waals surface area (Å²) in [6.07, 6.45) is 1.41. The van der Waals surface area contributed by atoms with E-state index < -0.39 is 0 Å². The van der Waals surface area contributed by atoms with E-state index >= 15 is 0 Å². The van der Waals surface area contributed by atoms with Gasteiger partial charge in [0.1, 0.15) is 5.82 Å². The van der Waals surface area contributed by atoms with Crippen molar-refractivity contribution in [3.63, 3.8) is 0 Å². The molecule has 1 aliphatic carbocycles. The fourth-order valence-corrected chi connectivity index (χ4v) is 3.14. The van der Waals surface area contributed by atoms with Crippen LogP contribution >= 0.6 is 0 Å². The van der Waals surface area contributed by atoms with Crippen molar-refractivity contribution in [2.24, 2.45) is 0 Å². The summed E-state index contributed by atoms with van der Waals surface area (Å²) >= 11 is 0. The van der Waals surface area contributed by atoms with Gasteiger partial charge < -0.3 is 0 Å². The lowest BCUT2D eigenvalue weighted by Gasteiger charge is -2.09. The predicted octanol–water partition coefficient (Wildman–Crippen LogP) is 4.77. The van der Waals surface area contributed by atoms with Gasteiger partial charge >= 0.3 is 0 Å². The van der Waals surface area contributed by atoms with Gasteiger partial charge in [-0.05, 0) is 34.6 Å². The highest BCUT2D eigenvalue weighted by molar-refractivity contribution is 6.02. The van der Waals surface area contributed by atoms with Gasteiger partial charge in [0, 0.05) is 17.4 Å². The fourth-order valence-electron chi connectivity index (χ4n) is 3.14. The van der Waals surface area contributed by atoms with E-state index in [1.54, 1.807) is 6.07 Å². The zero-order valence-corrected chi connectivity index (χ0v) is 11.4. The van der Waals surface area contributed by atoms with Gasteiger partial charge in [0.2, 0.25) is 0 Å². The summed E-state index contributed by atoms with van der Waals surface area (Å²) in [7, 11) is 0. The molecule has 1 aliphatic rings. The molecule has 0 bridgehead atoms. The largest absolute Gasteiger partial charge is 0.294 e. The number of Topliss-reactive ketones (excluding diaryl/α,β-unsaturated/α-hetero) is 1. The van der Waals surface area contributed by atoms with E-state index in [1.807, 2.05) is 36.4 Å². The minimum atomic E-state index is -0.203. The van der Waals surface area contributed by atoms with E-state index in [0.717, 1.165) is 34.1 Å². The van der Waals surface area contributed by atoms with Crippen LogP contribution in [0.4, 0.5) is 4.39 Å². The first-order valence-corrected chi connectivity index (χ1v) is 7.08. The molecule has 0 atom stereocenters. The molecule has 0 aromatic heterocycles. The summed E-state index contributed by atoms with van der Waals surface area (Å²) in [6, 6.07) is 16.8. The number of carbonyl (C=O) groups excluding carboxylic acids is 1. The van der Waals surface area contributed by atoms with Gasteiger partial charge in [-0.1, -0.05) is 48.5 Å². The van der Waals surface area contributed by atoms with Crippen LogP contribution < -0.4 is 0 Å². The van der Waals surface area contributed by atoms with Crippen molar-refractivity contribution in [2.75, 3.05) is 0 Å². The zero-order valence-electron chi connectivity index (χ0n) is 11.4. The number of fused-ring (bicyclic) bond motifs is 2. The second-order valence-electron chi connectivity index (χ2n) is 5.44. The SMILES string of the molecule is O=C1CCc2cc(-c3ccc(F)c4ccccc34)ccc21. The number of halogens is 1. The third-order valence-corrected chi connectivity index (χ3v) is 4.21. The molecule has 2 heteroatoms. The minimum Gasteiger partial charge on any atom is -0.294 e. The first kappa shape index (κ1) is 12.3. The van der Waals surface area contributed by atoms with Crippen LogP contribution in [0.15, 0.2) is 54.6 Å². The quantitative estimate of drug-likeness (QED) is 0.625. The molecule has 3 aromatic carbocycles. The molecule has 102 valence electrons. The number of benzene rings is 3. The standard InChI is InChI=1S/C19H13FO/c20-18-9-8-14(16-3-1-2-4-17(16)18)12-5-7-15-13(11-12)6-10-19(15)21/h1-5,7-9,11H,6,10H2. The Morgan fingerprint density at radius 1 is 0.810 bits per heavy atom. The second kappa shape index (κ2) is 4.52. The second-order valence-corrected chi connectivity index (χ2v) is 5.44. The molecular formula is C19H13FO. The van der Waals surface area contributed by atoms with E-state index in [2.05, 4.69) is 6.07 Å². The lowest BCUT2D eigenvalue weighted by Crippen LogP contribution is -1.91. The molecule has 3 aromatic rings. The van der Waals surface area contributed by atoms with Crippen molar-refractivity contribution < 1.29 is 9.18 Å². The van der Waals surface area contributed by atoms with Crippen LogP contribution in [0.2, 0.25) is 0 Å². The molecule has 0 fully saturated rings. The van der Waals surface area contributed by atoms with Crippen molar-refractivity contribution in [1.82, 2.24) is 0 Å². The van der Waals surface area contributed by atoms with Crippen LogP contribution in [-0.2, 0) is 6.42 Å². The van der Waals surface area contributed by atoms with Gasteiger partial charge in [-0.15, -0.1) is 0 Å². The Labute approximate surface area is 122 Å². The Hall–Kier alpha value is -2.48. The predicted molar refractivity (Wildman–Crippen MR) is 82.0 cm³/mol. The summed E-state index contributed by atoms with van der Waals surface area (Å²) in [6.45, 7) is 0. The van der Waals surface area contributed by atoms with Gasteiger partial charge in [0.25, 0.3) is 0 Å². The summed E-state index contributed by atoms with van der Waals surface area (Å²) < 4.78 is 13.9. The fraction of sp³-hybridized carbons (Fsp3) is 0.105. The highest BCUT2D eigenvalue weighted by Crippen LogP contribution is 2.33. The van der Waals surface area contributed by atoms with Gasteiger partial charge in [0.15, 0.2) is 5.78 Å². The molecule has 0 unspecified atom stereocenters. The van der Waals surface area contributed by atoms with Gasteiger partial charge in [-0.3, -0.25) is 4.79 Å². The Morgan fingerprint density at radius 3 is 2.43 bits per heavy atom. The van der Waals surface area contributed by atoms with Crippen LogP contribution in [0.5, 0.6) is 0 Å². The van der Waals surface area contributed by atoms with Crippen molar-refractivity contribution in [2.45, 2.75) is 12.8 Å². The summed E-state index contributed by atoms with van der Waals surface area (Å²) in [5.41, 5.74) is 3.99. The maximum atomic E-state index is 13.9. The van der Waals surface area contributed by atoms with Crippen LogP contribution in [0.25, 0.3) is 21.9 Å². The molecule has 0 N–H and O–H groups in total. The highest BCUT2D eigenvalue weighted by atomic mass is 19.1. The molecule has 1 nitrogen and oxygen atoms in total. The first-order chi connectivity index (χ1) is 10.2. The van der Waals surface area contributed by atoms with Crippen molar-refractivity contribution >= 4 is 16.6 Å². The number of carbonyl (C=O) groups is 1. The Balaban J connectivity index is 1.96. The molecule has 0 saturated heterocycles. The lowest BCUT2D eigenvalue weighted by molar-refractivity contribution is 0.0994. The number of ketones is 1. The third kappa shape index (κ3) is 1.87. The molecule has 0 radical (unpaired) electrons. The molecule has 21 heavy (non-hydrogen) atoms. The van der Waals surface area contributed by atoms with Gasteiger partial charge in [-0.25, -0.2) is 4.39 Å². The molecular weight excluding hydrogens is 263 g/mol. The number of hydrogen-bond acceptors (Lipinski definition) is 1. The summed E-state index contributed by atoms with van der Waals surface area (Å²) in [4.78, 5) is 11.7. The molecule has 0 spiro atoms. The maximum absolute atomic E-state index is 13.9. The first-order valence-electron chi connectivity index (χ1n) is 7.08. The van der Waals surface area contributed by atoms with E-state index in [-0.39, 0.29) is 11.6 Å². The monoisotopic (exact) mass is 276 g/mol. The molecule has 0 heterocycles. The topological polar surface area (TPSA) is 17.1 Å². The van der Waals surface area contributed by atoms with E-state index in [4.69, 9.17) is 0 Å². The van der Waals surface area contributed by atoms with Crippen LogP contribution in [0, 0.1) is 5.82 Å². The van der Waals surface area contributed by atoms with Crippen LogP contribution in [-0.4, -0.2) is 5.78 Å². The van der Waals surface area contributed by atoms with E-state index in [0.29, 0.717) is 11.8 Å². The number of rotatable bonds is 1. The van der Waals surface area contributed by atoms with E-state index in [1.165, 1.54) is 6.07 Å². The molecule has 0 aliphatic heterocycles. The normalized spacial score (nSPS) is 13.7. The molecule has 4 rings (SSSR count). The molecule has 0 amide bonds. The van der Waals surface area contributed by atoms with Crippen LogP contribution in [0.1, 0.15) is 22.3 Å². The smallest absolute Gasteiger partial charge is 0.163 e. The Kier molecular flexibility index (Phi) is 2.64. The van der Waals surface area contributed by atoms with Crippen molar-refractivity contribution in [3.8, 4) is 11.1 Å². The average molecular weight is 276 g/mol. The Morgan fingerprint density at radius 2 is 1.57 bits per heavy atom. The lowest BCUT2D eigenvalue weighted by atomic mass is 9.95. The average Bonchev–Trinajstić information content (AvgIpc) is 2.89. The van der Waals surface area contributed by atoms with Gasteiger partial charge in [-0.2, -0.15) is 0 Å². The molecule has 0 saturated carbocycles. The van der Waals surface area contributed by atoms with Gasteiger partial charge in [0.05, 0.1) is 0 Å². The number of hydrogen-bond donors (Lipinski definition) is 0. The minimum absolute atomic E-state index is 0.203. The number of aryl methyl sites for hydroxylation is 1. The van der Waals surface area contributed by atoms with Crippen molar-refractivity contribution in [3.05, 3.63) is 71.5 Å². The third-order valence-electron chi connectivity index (χ3n) is 4.21. The van der Waals surface area contributed by atoms with E-state index in [9.17, 15) is 9.18 Å².